The van der Waals surface area contributed by atoms with E-state index in [9.17, 15) is 4.79 Å². The highest BCUT2D eigenvalue weighted by Gasteiger charge is 2.13. The van der Waals surface area contributed by atoms with Crippen molar-refractivity contribution in [1.29, 1.82) is 0 Å². The van der Waals surface area contributed by atoms with E-state index in [4.69, 9.17) is 0 Å². The molecule has 1 aliphatic rings. The number of nitrogens with zero attached hydrogens (tertiary/aromatic N) is 3. The zero-order valence-electron chi connectivity index (χ0n) is 12.5. The minimum atomic E-state index is 0.0758. The highest BCUT2D eigenvalue weighted by Crippen LogP contribution is 2.14. The van der Waals surface area contributed by atoms with Crippen molar-refractivity contribution in [3.05, 3.63) is 54.4 Å². The first-order valence-corrected chi connectivity index (χ1v) is 7.67. The molecule has 4 nitrogen and oxygen atoms in total. The van der Waals surface area contributed by atoms with Gasteiger partial charge >= 0.3 is 0 Å². The summed E-state index contributed by atoms with van der Waals surface area (Å²) in [5, 5.41) is 0. The number of hydrogen-bond acceptors (Lipinski definition) is 3. The Morgan fingerprint density at radius 1 is 1.00 bits per heavy atom. The summed E-state index contributed by atoms with van der Waals surface area (Å²) in [7, 11) is 0. The average molecular weight is 293 g/mol. The largest absolute Gasteiger partial charge is 0.339 e. The molecule has 112 valence electrons. The summed E-state index contributed by atoms with van der Waals surface area (Å²) in [5.74, 6) is 0.770. The van der Waals surface area contributed by atoms with Crippen molar-refractivity contribution >= 4 is 12.0 Å². The van der Waals surface area contributed by atoms with E-state index >= 15 is 0 Å². The number of carbonyl (C=O) groups is 1. The van der Waals surface area contributed by atoms with E-state index in [0.29, 0.717) is 5.82 Å². The molecule has 0 bridgehead atoms. The van der Waals surface area contributed by atoms with Crippen molar-refractivity contribution < 1.29 is 4.79 Å². The van der Waals surface area contributed by atoms with E-state index in [1.807, 2.05) is 35.2 Å². The topological polar surface area (TPSA) is 46.1 Å². The lowest BCUT2D eigenvalue weighted by Gasteiger charge is -2.25. The lowest BCUT2D eigenvalue weighted by atomic mass is 10.1. The van der Waals surface area contributed by atoms with Gasteiger partial charge in [0.15, 0.2) is 5.82 Å². The Balaban J connectivity index is 1.65. The third kappa shape index (κ3) is 3.58. The Kier molecular flexibility index (Phi) is 4.59. The van der Waals surface area contributed by atoms with Crippen LogP contribution in [0.5, 0.6) is 0 Å². The lowest BCUT2D eigenvalue weighted by Crippen LogP contribution is -2.34. The Morgan fingerprint density at radius 2 is 1.68 bits per heavy atom. The van der Waals surface area contributed by atoms with Gasteiger partial charge in [-0.15, -0.1) is 0 Å². The molecule has 2 heterocycles. The molecule has 0 spiro atoms. The normalized spacial score (nSPS) is 15.2. The van der Waals surface area contributed by atoms with E-state index < -0.39 is 0 Å². The van der Waals surface area contributed by atoms with Gasteiger partial charge in [0, 0.05) is 42.7 Å². The molecule has 0 saturated carbocycles. The van der Waals surface area contributed by atoms with Gasteiger partial charge in [-0.25, -0.2) is 9.97 Å². The van der Waals surface area contributed by atoms with Gasteiger partial charge in [0.05, 0.1) is 0 Å². The molecule has 0 N–H and O–H groups in total. The number of hydrogen-bond donors (Lipinski definition) is 0. The van der Waals surface area contributed by atoms with Gasteiger partial charge in [0.1, 0.15) is 0 Å². The van der Waals surface area contributed by atoms with Gasteiger partial charge in [-0.2, -0.15) is 0 Å². The van der Waals surface area contributed by atoms with E-state index in [1.165, 1.54) is 6.42 Å². The number of rotatable bonds is 3. The molecule has 1 saturated heterocycles. The molecular weight excluding hydrogens is 274 g/mol. The van der Waals surface area contributed by atoms with Gasteiger partial charge in [-0.1, -0.05) is 30.3 Å². The van der Waals surface area contributed by atoms with Crippen LogP contribution < -0.4 is 0 Å². The minimum Gasteiger partial charge on any atom is -0.339 e. The molecule has 0 atom stereocenters. The summed E-state index contributed by atoms with van der Waals surface area (Å²) in [6.45, 7) is 1.74. The number of likely N-dealkylation sites (tertiary alicyclic amines) is 1. The van der Waals surface area contributed by atoms with Crippen molar-refractivity contribution in [3.8, 4) is 11.4 Å². The Hall–Kier alpha value is -2.49. The number of amides is 1. The van der Waals surface area contributed by atoms with Crippen LogP contribution >= 0.6 is 0 Å². The fourth-order valence-electron chi connectivity index (χ4n) is 2.55. The van der Waals surface area contributed by atoms with Crippen LogP contribution in [0, 0.1) is 0 Å². The van der Waals surface area contributed by atoms with Gasteiger partial charge in [-0.3, -0.25) is 4.79 Å². The molecule has 4 heteroatoms. The SMILES string of the molecule is O=C(/C=C/c1cnc(-c2ccccc2)nc1)N1CCCCC1. The molecule has 1 aromatic heterocycles. The first kappa shape index (κ1) is 14.4. The summed E-state index contributed by atoms with van der Waals surface area (Å²) >= 11 is 0. The van der Waals surface area contributed by atoms with Crippen LogP contribution in [0.15, 0.2) is 48.8 Å². The zero-order valence-corrected chi connectivity index (χ0v) is 12.5. The Bertz CT molecular complexity index is 644. The van der Waals surface area contributed by atoms with E-state index in [-0.39, 0.29) is 5.91 Å². The standard InChI is InChI=1S/C18H19N3O/c22-17(21-11-5-2-6-12-21)10-9-15-13-19-18(20-14-15)16-7-3-1-4-8-16/h1,3-4,7-10,13-14H,2,5-6,11-12H2/b10-9+. The van der Waals surface area contributed by atoms with Crippen molar-refractivity contribution in [2.75, 3.05) is 13.1 Å². The zero-order chi connectivity index (χ0) is 15.2. The predicted octanol–water partition coefficient (Wildman–Crippen LogP) is 3.17. The van der Waals surface area contributed by atoms with E-state index in [0.717, 1.165) is 37.1 Å². The molecule has 1 aliphatic heterocycles. The predicted molar refractivity (Wildman–Crippen MR) is 86.9 cm³/mol. The van der Waals surface area contributed by atoms with Gasteiger partial charge in [0.25, 0.3) is 0 Å². The fraction of sp³-hybridized carbons (Fsp3) is 0.278. The summed E-state index contributed by atoms with van der Waals surface area (Å²) < 4.78 is 0. The highest BCUT2D eigenvalue weighted by atomic mass is 16.2. The lowest BCUT2D eigenvalue weighted by molar-refractivity contribution is -0.126. The van der Waals surface area contributed by atoms with Crippen LogP contribution in [0.1, 0.15) is 24.8 Å². The maximum absolute atomic E-state index is 12.1. The first-order valence-electron chi connectivity index (χ1n) is 7.67. The van der Waals surface area contributed by atoms with Crippen LogP contribution in [0.4, 0.5) is 0 Å². The number of benzene rings is 1. The van der Waals surface area contributed by atoms with Crippen LogP contribution in [-0.2, 0) is 4.79 Å². The highest BCUT2D eigenvalue weighted by molar-refractivity contribution is 5.91. The molecule has 1 fully saturated rings. The minimum absolute atomic E-state index is 0.0758. The monoisotopic (exact) mass is 293 g/mol. The third-order valence-corrected chi connectivity index (χ3v) is 3.79. The molecule has 22 heavy (non-hydrogen) atoms. The molecule has 0 radical (unpaired) electrons. The van der Waals surface area contributed by atoms with Gasteiger partial charge in [0.2, 0.25) is 5.91 Å². The molecular formula is C18H19N3O. The second-order valence-electron chi connectivity index (χ2n) is 5.43. The van der Waals surface area contributed by atoms with Crippen LogP contribution in [0.25, 0.3) is 17.5 Å². The Morgan fingerprint density at radius 3 is 2.36 bits per heavy atom. The van der Waals surface area contributed by atoms with Gasteiger partial charge < -0.3 is 4.90 Å². The maximum Gasteiger partial charge on any atom is 0.246 e. The Labute approximate surface area is 130 Å². The fourth-order valence-corrected chi connectivity index (χ4v) is 2.55. The van der Waals surface area contributed by atoms with E-state index in [2.05, 4.69) is 9.97 Å². The molecule has 0 aliphatic carbocycles. The quantitative estimate of drug-likeness (QED) is 0.817. The number of carbonyl (C=O) groups excluding carboxylic acids is 1. The van der Waals surface area contributed by atoms with Crippen LogP contribution in [0.2, 0.25) is 0 Å². The average Bonchev–Trinajstić information content (AvgIpc) is 2.61. The summed E-state index contributed by atoms with van der Waals surface area (Å²) in [6, 6.07) is 9.84. The van der Waals surface area contributed by atoms with E-state index in [1.54, 1.807) is 24.5 Å². The summed E-state index contributed by atoms with van der Waals surface area (Å²) in [4.78, 5) is 22.7. The summed E-state index contributed by atoms with van der Waals surface area (Å²) in [5.41, 5.74) is 1.83. The second kappa shape index (κ2) is 6.98. The second-order valence-corrected chi connectivity index (χ2v) is 5.43. The number of piperidine rings is 1. The molecule has 2 aromatic rings. The van der Waals surface area contributed by atoms with Gasteiger partial charge in [-0.05, 0) is 25.3 Å². The maximum atomic E-state index is 12.1. The molecule has 0 unspecified atom stereocenters. The molecule has 3 rings (SSSR count). The smallest absolute Gasteiger partial charge is 0.246 e. The molecule has 1 amide bonds. The van der Waals surface area contributed by atoms with Crippen molar-refractivity contribution in [2.45, 2.75) is 19.3 Å². The summed E-state index contributed by atoms with van der Waals surface area (Å²) in [6.07, 6.45) is 10.3. The van der Waals surface area contributed by atoms with Crippen molar-refractivity contribution in [2.24, 2.45) is 0 Å². The van der Waals surface area contributed by atoms with Crippen molar-refractivity contribution in [1.82, 2.24) is 14.9 Å². The number of aromatic nitrogens is 2. The molecule has 1 aromatic carbocycles. The van der Waals surface area contributed by atoms with Crippen LogP contribution in [0.3, 0.4) is 0 Å². The van der Waals surface area contributed by atoms with Crippen LogP contribution in [-0.4, -0.2) is 33.9 Å². The first-order chi connectivity index (χ1) is 10.8. The third-order valence-electron chi connectivity index (χ3n) is 3.79. The van der Waals surface area contributed by atoms with Crippen molar-refractivity contribution in [3.63, 3.8) is 0 Å².